The van der Waals surface area contributed by atoms with E-state index >= 15 is 0 Å². The predicted molar refractivity (Wildman–Crippen MR) is 81.4 cm³/mol. The molecule has 0 aliphatic heterocycles. The van der Waals surface area contributed by atoms with Crippen molar-refractivity contribution in [2.75, 3.05) is 6.54 Å². The molecular formula is C16H23ClN2. The minimum atomic E-state index is 0.249. The van der Waals surface area contributed by atoms with Gasteiger partial charge in [0.25, 0.3) is 0 Å². The van der Waals surface area contributed by atoms with Crippen LogP contribution in [0.25, 0.3) is 0 Å². The Bertz CT molecular complexity index is 429. The van der Waals surface area contributed by atoms with E-state index in [4.69, 9.17) is 11.6 Å². The quantitative estimate of drug-likeness (QED) is 0.810. The number of hydrogen-bond donors (Lipinski definition) is 1. The number of nitrogens with one attached hydrogen (secondary N) is 1. The highest BCUT2D eigenvalue weighted by Crippen LogP contribution is 2.32. The Kier molecular flexibility index (Phi) is 5.87. The lowest BCUT2D eigenvalue weighted by molar-refractivity contribution is 0.554. The van der Waals surface area contributed by atoms with Crippen LogP contribution in [0.1, 0.15) is 57.1 Å². The molecule has 0 bridgehead atoms. The maximum atomic E-state index is 6.32. The second-order valence-corrected chi connectivity index (χ2v) is 5.53. The summed E-state index contributed by atoms with van der Waals surface area (Å²) in [5.74, 6) is 0. The maximum absolute atomic E-state index is 6.32. The van der Waals surface area contributed by atoms with Crippen molar-refractivity contribution >= 4 is 11.6 Å². The van der Waals surface area contributed by atoms with Gasteiger partial charge in [0.05, 0.1) is 11.1 Å². The van der Waals surface area contributed by atoms with Crippen molar-refractivity contribution < 1.29 is 0 Å². The molecule has 1 aromatic heterocycles. The lowest BCUT2D eigenvalue weighted by Gasteiger charge is -2.24. The van der Waals surface area contributed by atoms with Crippen molar-refractivity contribution in [1.82, 2.24) is 10.3 Å². The van der Waals surface area contributed by atoms with E-state index < -0.39 is 0 Å². The van der Waals surface area contributed by atoms with Crippen LogP contribution in [0, 0.1) is 0 Å². The fourth-order valence-electron chi connectivity index (χ4n) is 2.74. The maximum Gasteiger partial charge on any atom is 0.0640 e. The Morgan fingerprint density at radius 1 is 1.32 bits per heavy atom. The summed E-state index contributed by atoms with van der Waals surface area (Å²) >= 11 is 6.32. The van der Waals surface area contributed by atoms with E-state index in [2.05, 4.69) is 23.3 Å². The topological polar surface area (TPSA) is 24.9 Å². The van der Waals surface area contributed by atoms with Gasteiger partial charge in [0.15, 0.2) is 0 Å². The van der Waals surface area contributed by atoms with Crippen LogP contribution in [0.5, 0.6) is 0 Å². The van der Waals surface area contributed by atoms with E-state index in [-0.39, 0.29) is 6.04 Å². The number of hydrogen-bond acceptors (Lipinski definition) is 2. The van der Waals surface area contributed by atoms with Crippen LogP contribution in [0.2, 0.25) is 5.02 Å². The van der Waals surface area contributed by atoms with Crippen molar-refractivity contribution in [3.63, 3.8) is 0 Å². The first-order valence-corrected chi connectivity index (χ1v) is 7.72. The Morgan fingerprint density at radius 2 is 2.16 bits per heavy atom. The van der Waals surface area contributed by atoms with Gasteiger partial charge in [-0.2, -0.15) is 0 Å². The largest absolute Gasteiger partial charge is 0.307 e. The van der Waals surface area contributed by atoms with Gasteiger partial charge in [-0.25, -0.2) is 0 Å². The summed E-state index contributed by atoms with van der Waals surface area (Å²) in [6, 6.07) is 2.29. The van der Waals surface area contributed by atoms with Crippen molar-refractivity contribution in [2.45, 2.75) is 51.5 Å². The Labute approximate surface area is 121 Å². The molecule has 1 atom stereocenters. The third-order valence-corrected chi connectivity index (χ3v) is 4.04. The molecule has 2 nitrogen and oxygen atoms in total. The predicted octanol–water partition coefficient (Wildman–Crippen LogP) is 4.67. The second-order valence-electron chi connectivity index (χ2n) is 5.12. The van der Waals surface area contributed by atoms with Crippen molar-refractivity contribution in [1.29, 1.82) is 0 Å². The SMILES string of the molecule is CCNC(/C1=C/CCCCCC1)c1ccncc1Cl. The van der Waals surface area contributed by atoms with Gasteiger partial charge in [-0.05, 0) is 43.9 Å². The van der Waals surface area contributed by atoms with Gasteiger partial charge in [0, 0.05) is 12.4 Å². The lowest BCUT2D eigenvalue weighted by atomic mass is 9.91. The molecule has 1 heterocycles. The molecule has 0 fully saturated rings. The van der Waals surface area contributed by atoms with Gasteiger partial charge in [0.1, 0.15) is 0 Å². The van der Waals surface area contributed by atoms with E-state index in [9.17, 15) is 0 Å². The molecule has 1 aliphatic rings. The lowest BCUT2D eigenvalue weighted by Crippen LogP contribution is -2.23. The Balaban J connectivity index is 2.25. The van der Waals surface area contributed by atoms with Crippen LogP contribution in [0.4, 0.5) is 0 Å². The zero-order valence-electron chi connectivity index (χ0n) is 11.7. The summed E-state index contributed by atoms with van der Waals surface area (Å²) in [7, 11) is 0. The molecule has 0 amide bonds. The number of pyridine rings is 1. The summed E-state index contributed by atoms with van der Waals surface area (Å²) in [5.41, 5.74) is 2.65. The number of halogens is 1. The summed E-state index contributed by atoms with van der Waals surface area (Å²) in [6.07, 6.45) is 13.7. The first kappa shape index (κ1) is 14.5. The summed E-state index contributed by atoms with van der Waals surface area (Å²) in [4.78, 5) is 4.09. The van der Waals surface area contributed by atoms with E-state index in [1.165, 1.54) is 44.1 Å². The average Bonchev–Trinajstić information content (AvgIpc) is 2.37. The van der Waals surface area contributed by atoms with Gasteiger partial charge in [-0.15, -0.1) is 0 Å². The molecule has 0 saturated heterocycles. The highest BCUT2D eigenvalue weighted by Gasteiger charge is 2.18. The van der Waals surface area contributed by atoms with Gasteiger partial charge >= 0.3 is 0 Å². The van der Waals surface area contributed by atoms with Crippen LogP contribution >= 0.6 is 11.6 Å². The number of likely N-dealkylation sites (N-methyl/N-ethyl adjacent to an activating group) is 1. The fraction of sp³-hybridized carbons (Fsp3) is 0.562. The van der Waals surface area contributed by atoms with Gasteiger partial charge in [-0.3, -0.25) is 4.98 Å². The van der Waals surface area contributed by atoms with Crippen LogP contribution in [0.15, 0.2) is 30.1 Å². The average molecular weight is 279 g/mol. The molecule has 0 radical (unpaired) electrons. The second kappa shape index (κ2) is 7.66. The monoisotopic (exact) mass is 278 g/mol. The molecule has 1 N–H and O–H groups in total. The molecule has 2 rings (SSSR count). The standard InChI is InChI=1S/C16H23ClN2/c1-2-19-16(14-10-11-18-12-15(14)17)13-8-6-4-3-5-7-9-13/h8,10-12,16,19H,2-7,9H2,1H3/b13-8+. The molecule has 104 valence electrons. The van der Waals surface area contributed by atoms with Crippen LogP contribution in [-0.2, 0) is 0 Å². The third kappa shape index (κ3) is 4.05. The fourth-order valence-corrected chi connectivity index (χ4v) is 2.97. The minimum Gasteiger partial charge on any atom is -0.307 e. The molecule has 19 heavy (non-hydrogen) atoms. The van der Waals surface area contributed by atoms with Crippen LogP contribution in [0.3, 0.4) is 0 Å². The van der Waals surface area contributed by atoms with E-state index in [1.807, 2.05) is 12.3 Å². The Hall–Kier alpha value is -0.860. The first-order chi connectivity index (χ1) is 9.33. The van der Waals surface area contributed by atoms with Crippen molar-refractivity contribution in [3.05, 3.63) is 40.7 Å². The van der Waals surface area contributed by atoms with E-state index in [1.54, 1.807) is 6.20 Å². The summed E-state index contributed by atoms with van der Waals surface area (Å²) in [6.45, 7) is 3.09. The Morgan fingerprint density at radius 3 is 2.95 bits per heavy atom. The number of allylic oxidation sites excluding steroid dienone is 1. The third-order valence-electron chi connectivity index (χ3n) is 3.72. The van der Waals surface area contributed by atoms with Gasteiger partial charge in [-0.1, -0.05) is 43.0 Å². The molecule has 1 aromatic rings. The summed E-state index contributed by atoms with van der Waals surface area (Å²) < 4.78 is 0. The molecule has 3 heteroatoms. The normalized spacial score (nSPS) is 21.1. The molecule has 1 unspecified atom stereocenters. The van der Waals surface area contributed by atoms with Gasteiger partial charge < -0.3 is 5.32 Å². The smallest absolute Gasteiger partial charge is 0.0640 e. The zero-order chi connectivity index (χ0) is 13.5. The van der Waals surface area contributed by atoms with Gasteiger partial charge in [0.2, 0.25) is 0 Å². The summed E-state index contributed by atoms with van der Waals surface area (Å²) in [5, 5.41) is 4.34. The highest BCUT2D eigenvalue weighted by atomic mass is 35.5. The number of nitrogens with zero attached hydrogens (tertiary/aromatic N) is 1. The number of rotatable bonds is 4. The highest BCUT2D eigenvalue weighted by molar-refractivity contribution is 6.31. The molecular weight excluding hydrogens is 256 g/mol. The van der Waals surface area contributed by atoms with Crippen LogP contribution < -0.4 is 5.32 Å². The van der Waals surface area contributed by atoms with Crippen LogP contribution in [-0.4, -0.2) is 11.5 Å². The molecule has 0 saturated carbocycles. The first-order valence-electron chi connectivity index (χ1n) is 7.34. The van der Waals surface area contributed by atoms with Crippen molar-refractivity contribution in [2.24, 2.45) is 0 Å². The molecule has 0 spiro atoms. The zero-order valence-corrected chi connectivity index (χ0v) is 12.4. The van der Waals surface area contributed by atoms with Crippen molar-refractivity contribution in [3.8, 4) is 0 Å². The molecule has 0 aromatic carbocycles. The molecule has 1 aliphatic carbocycles. The number of aromatic nitrogens is 1. The van der Waals surface area contributed by atoms with E-state index in [0.717, 1.165) is 17.1 Å². The van der Waals surface area contributed by atoms with E-state index in [0.29, 0.717) is 0 Å². The minimum absolute atomic E-state index is 0.249.